The van der Waals surface area contributed by atoms with E-state index in [1.165, 1.54) is 6.07 Å². The Hall–Kier alpha value is -1.62. The van der Waals surface area contributed by atoms with Crippen molar-refractivity contribution in [3.63, 3.8) is 0 Å². The molecule has 1 fully saturated rings. The van der Waals surface area contributed by atoms with E-state index in [4.69, 9.17) is 5.73 Å². The van der Waals surface area contributed by atoms with Gasteiger partial charge in [0.25, 0.3) is 5.69 Å². The number of nitro benzene ring substituents is 1. The Kier molecular flexibility index (Phi) is 2.09. The zero-order valence-electron chi connectivity index (χ0n) is 7.56. The first kappa shape index (κ1) is 8.96. The maximum Gasteiger partial charge on any atom is 0.269 e. The van der Waals surface area contributed by atoms with Gasteiger partial charge in [-0.05, 0) is 24.6 Å². The molecule has 1 aliphatic heterocycles. The fraction of sp³-hybridized carbons (Fsp3) is 0.333. The summed E-state index contributed by atoms with van der Waals surface area (Å²) < 4.78 is 0. The van der Waals surface area contributed by atoms with E-state index >= 15 is 0 Å². The highest BCUT2D eigenvalue weighted by Gasteiger charge is 2.22. The average Bonchev–Trinajstić information content (AvgIpc) is 2.05. The van der Waals surface area contributed by atoms with Crippen molar-refractivity contribution in [2.75, 3.05) is 12.3 Å². The molecule has 0 spiro atoms. The highest BCUT2D eigenvalue weighted by Crippen LogP contribution is 2.30. The highest BCUT2D eigenvalue weighted by atomic mass is 16.6. The van der Waals surface area contributed by atoms with Gasteiger partial charge in [0.1, 0.15) is 0 Å². The number of nitrogens with zero attached hydrogens (tertiary/aromatic N) is 1. The van der Waals surface area contributed by atoms with Gasteiger partial charge in [-0.1, -0.05) is 0 Å². The third-order valence-electron chi connectivity index (χ3n) is 2.48. The molecule has 1 aromatic rings. The summed E-state index contributed by atoms with van der Waals surface area (Å²) in [6, 6.07) is 4.76. The molecule has 0 unspecified atom stereocenters. The van der Waals surface area contributed by atoms with Crippen molar-refractivity contribution in [2.45, 2.75) is 12.5 Å². The van der Waals surface area contributed by atoms with Gasteiger partial charge in [-0.3, -0.25) is 10.1 Å². The average molecular weight is 193 g/mol. The third-order valence-corrected chi connectivity index (χ3v) is 2.48. The van der Waals surface area contributed by atoms with Gasteiger partial charge in [-0.25, -0.2) is 0 Å². The molecule has 0 amide bonds. The Balaban J connectivity index is 2.36. The molecule has 3 N–H and O–H groups in total. The molecule has 1 saturated heterocycles. The van der Waals surface area contributed by atoms with Crippen LogP contribution in [0.1, 0.15) is 18.0 Å². The number of nitrogens with two attached hydrogens (primary N) is 1. The first-order chi connectivity index (χ1) is 6.68. The van der Waals surface area contributed by atoms with Crippen LogP contribution in [0, 0.1) is 10.1 Å². The van der Waals surface area contributed by atoms with E-state index in [0.717, 1.165) is 18.5 Å². The van der Waals surface area contributed by atoms with Gasteiger partial charge in [0.05, 0.1) is 4.92 Å². The fourth-order valence-corrected chi connectivity index (χ4v) is 1.53. The Morgan fingerprint density at radius 1 is 1.57 bits per heavy atom. The Morgan fingerprint density at radius 2 is 2.29 bits per heavy atom. The fourth-order valence-electron chi connectivity index (χ4n) is 1.53. The molecular formula is C9H11N3O2. The summed E-state index contributed by atoms with van der Waals surface area (Å²) in [5, 5.41) is 13.7. The van der Waals surface area contributed by atoms with Crippen molar-refractivity contribution in [1.29, 1.82) is 0 Å². The van der Waals surface area contributed by atoms with Crippen molar-refractivity contribution in [2.24, 2.45) is 0 Å². The molecule has 0 aliphatic carbocycles. The van der Waals surface area contributed by atoms with Crippen LogP contribution in [0.5, 0.6) is 0 Å². The van der Waals surface area contributed by atoms with E-state index in [2.05, 4.69) is 5.32 Å². The van der Waals surface area contributed by atoms with Gasteiger partial charge in [-0.2, -0.15) is 0 Å². The Bertz CT molecular complexity index is 374. The van der Waals surface area contributed by atoms with E-state index in [1.807, 2.05) is 0 Å². The number of benzene rings is 1. The van der Waals surface area contributed by atoms with Crippen LogP contribution in [0.4, 0.5) is 11.4 Å². The minimum atomic E-state index is -0.401. The first-order valence-electron chi connectivity index (χ1n) is 4.45. The normalized spacial score (nSPS) is 20.1. The zero-order valence-corrected chi connectivity index (χ0v) is 7.56. The van der Waals surface area contributed by atoms with Crippen molar-refractivity contribution in [3.05, 3.63) is 33.9 Å². The minimum Gasteiger partial charge on any atom is -0.398 e. The number of hydrogen-bond donors (Lipinski definition) is 2. The topological polar surface area (TPSA) is 81.2 Å². The standard InChI is InChI=1S/C9H11N3O2/c10-8-2-1-6(12(13)14)5-7(8)9-3-4-11-9/h1-2,5,9,11H,3-4,10H2/t9-/m0/s1. The van der Waals surface area contributed by atoms with Crippen molar-refractivity contribution < 1.29 is 4.92 Å². The highest BCUT2D eigenvalue weighted by molar-refractivity contribution is 5.54. The van der Waals surface area contributed by atoms with Gasteiger partial charge in [0.15, 0.2) is 0 Å². The van der Waals surface area contributed by atoms with Crippen LogP contribution < -0.4 is 11.1 Å². The van der Waals surface area contributed by atoms with E-state index < -0.39 is 4.92 Å². The monoisotopic (exact) mass is 193 g/mol. The van der Waals surface area contributed by atoms with Crippen LogP contribution in [0.15, 0.2) is 18.2 Å². The molecule has 1 heterocycles. The molecule has 74 valence electrons. The number of nitro groups is 1. The predicted molar refractivity (Wildman–Crippen MR) is 52.9 cm³/mol. The lowest BCUT2D eigenvalue weighted by molar-refractivity contribution is -0.384. The second kappa shape index (κ2) is 3.26. The molecule has 5 heteroatoms. The van der Waals surface area contributed by atoms with E-state index in [9.17, 15) is 10.1 Å². The van der Waals surface area contributed by atoms with Gasteiger partial charge in [-0.15, -0.1) is 0 Å². The molecule has 0 aromatic heterocycles. The molecule has 1 aromatic carbocycles. The molecule has 14 heavy (non-hydrogen) atoms. The first-order valence-corrected chi connectivity index (χ1v) is 4.45. The summed E-state index contributed by atoms with van der Waals surface area (Å²) in [4.78, 5) is 10.1. The molecule has 1 atom stereocenters. The van der Waals surface area contributed by atoms with Gasteiger partial charge in [0, 0.05) is 23.9 Å². The summed E-state index contributed by atoms with van der Waals surface area (Å²) in [6.07, 6.45) is 0.991. The summed E-state index contributed by atoms with van der Waals surface area (Å²) in [6.45, 7) is 0.951. The van der Waals surface area contributed by atoms with Crippen LogP contribution >= 0.6 is 0 Å². The lowest BCUT2D eigenvalue weighted by Gasteiger charge is -2.28. The number of non-ortho nitro benzene ring substituents is 1. The van der Waals surface area contributed by atoms with Crippen LogP contribution in [0.2, 0.25) is 0 Å². The molecule has 5 nitrogen and oxygen atoms in total. The molecule has 2 rings (SSSR count). The van der Waals surface area contributed by atoms with Crippen molar-refractivity contribution >= 4 is 11.4 Å². The van der Waals surface area contributed by atoms with E-state index in [1.54, 1.807) is 12.1 Å². The third kappa shape index (κ3) is 1.42. The molecule has 0 saturated carbocycles. The predicted octanol–water partition coefficient (Wildman–Crippen LogP) is 1.21. The maximum atomic E-state index is 10.5. The van der Waals surface area contributed by atoms with Gasteiger partial charge in [0.2, 0.25) is 0 Å². The van der Waals surface area contributed by atoms with Crippen molar-refractivity contribution in [1.82, 2.24) is 5.32 Å². The summed E-state index contributed by atoms with van der Waals surface area (Å²) >= 11 is 0. The largest absolute Gasteiger partial charge is 0.398 e. The van der Waals surface area contributed by atoms with E-state index in [-0.39, 0.29) is 11.7 Å². The molecular weight excluding hydrogens is 182 g/mol. The number of rotatable bonds is 2. The van der Waals surface area contributed by atoms with Crippen LogP contribution in [-0.2, 0) is 0 Å². The zero-order chi connectivity index (χ0) is 10.1. The van der Waals surface area contributed by atoms with Crippen molar-refractivity contribution in [3.8, 4) is 0 Å². The summed E-state index contributed by atoms with van der Waals surface area (Å²) in [5.74, 6) is 0. The quantitative estimate of drug-likeness (QED) is 0.420. The smallest absolute Gasteiger partial charge is 0.269 e. The van der Waals surface area contributed by atoms with Gasteiger partial charge >= 0.3 is 0 Å². The second-order valence-electron chi connectivity index (χ2n) is 3.37. The summed E-state index contributed by atoms with van der Waals surface area (Å²) in [5.41, 5.74) is 7.29. The van der Waals surface area contributed by atoms with E-state index in [0.29, 0.717) is 5.69 Å². The SMILES string of the molecule is Nc1ccc([N+](=O)[O-])cc1[C@@H]1CCN1. The number of hydrogen-bond acceptors (Lipinski definition) is 4. The second-order valence-corrected chi connectivity index (χ2v) is 3.37. The lowest BCUT2D eigenvalue weighted by Crippen LogP contribution is -2.35. The summed E-state index contributed by atoms with van der Waals surface area (Å²) in [7, 11) is 0. The maximum absolute atomic E-state index is 10.5. The van der Waals surface area contributed by atoms with Crippen LogP contribution in [0.25, 0.3) is 0 Å². The minimum absolute atomic E-state index is 0.0999. The molecule has 1 aliphatic rings. The van der Waals surface area contributed by atoms with Crippen LogP contribution in [0.3, 0.4) is 0 Å². The molecule has 0 bridgehead atoms. The Morgan fingerprint density at radius 3 is 2.79 bits per heavy atom. The number of anilines is 1. The Labute approximate surface area is 81.1 Å². The van der Waals surface area contributed by atoms with Crippen LogP contribution in [-0.4, -0.2) is 11.5 Å². The lowest BCUT2D eigenvalue weighted by atomic mass is 9.96. The number of nitrogens with one attached hydrogen (secondary N) is 1. The molecule has 0 radical (unpaired) electrons. The number of nitrogen functional groups attached to an aromatic ring is 1. The van der Waals surface area contributed by atoms with Gasteiger partial charge < -0.3 is 11.1 Å².